The molecule has 0 saturated heterocycles. The molecule has 0 fully saturated rings. The van der Waals surface area contributed by atoms with Crippen LogP contribution in [0.1, 0.15) is 41.4 Å². The van der Waals surface area contributed by atoms with Gasteiger partial charge in [0, 0.05) is 13.1 Å². The van der Waals surface area contributed by atoms with Gasteiger partial charge in [-0.3, -0.25) is 14.5 Å². The monoisotopic (exact) mass is 249 g/mol. The number of carbonyl (C=O) groups is 2. The highest BCUT2D eigenvalue weighted by molar-refractivity contribution is 6.09. The molecule has 18 heavy (non-hydrogen) atoms. The van der Waals surface area contributed by atoms with Crippen LogP contribution in [0.4, 0.5) is 0 Å². The second-order valence-electron chi connectivity index (χ2n) is 4.43. The molecule has 0 saturated carbocycles. The molecule has 2 heterocycles. The minimum absolute atomic E-state index is 0.0211. The lowest BCUT2D eigenvalue weighted by molar-refractivity contribution is -0.127. The molecule has 0 aliphatic carbocycles. The first-order valence-corrected chi connectivity index (χ1v) is 6.01. The second-order valence-corrected chi connectivity index (χ2v) is 4.43. The molecule has 96 valence electrons. The molecule has 0 bridgehead atoms. The average molecular weight is 249 g/mol. The van der Waals surface area contributed by atoms with Crippen molar-refractivity contribution in [2.45, 2.75) is 32.6 Å². The molecule has 0 atom stereocenters. The normalized spacial score (nSPS) is 14.9. The third-order valence-corrected chi connectivity index (χ3v) is 3.12. The van der Waals surface area contributed by atoms with Crippen molar-refractivity contribution in [1.82, 2.24) is 4.90 Å². The van der Waals surface area contributed by atoms with Crippen LogP contribution in [-0.2, 0) is 17.6 Å². The van der Waals surface area contributed by atoms with E-state index < -0.39 is 5.63 Å². The summed E-state index contributed by atoms with van der Waals surface area (Å²) in [7, 11) is 1.45. The van der Waals surface area contributed by atoms with Gasteiger partial charge in [0.05, 0.1) is 12.0 Å². The maximum Gasteiger partial charge on any atom is 0.336 e. The van der Waals surface area contributed by atoms with E-state index in [9.17, 15) is 14.4 Å². The smallest absolute Gasteiger partial charge is 0.336 e. The lowest BCUT2D eigenvalue weighted by atomic mass is 9.97. The molecule has 1 aromatic rings. The molecule has 2 amide bonds. The molecule has 1 aromatic heterocycles. The van der Waals surface area contributed by atoms with E-state index in [0.717, 1.165) is 17.7 Å². The number of nitrogens with zero attached hydrogens (tertiary/aromatic N) is 1. The number of unbranched alkanes of at least 4 members (excludes halogenated alkanes) is 1. The zero-order valence-electron chi connectivity index (χ0n) is 10.5. The van der Waals surface area contributed by atoms with Crippen molar-refractivity contribution in [2.75, 3.05) is 7.05 Å². The molecule has 0 aromatic carbocycles. The second kappa shape index (κ2) is 4.76. The Kier molecular flexibility index (Phi) is 3.32. The fraction of sp³-hybridized carbons (Fsp3) is 0.462. The van der Waals surface area contributed by atoms with Crippen LogP contribution < -0.4 is 5.63 Å². The SMILES string of the molecule is CCCCc1cc(=O)oc2c1C(=O)N(C)C(=O)C2. The molecule has 2 rings (SSSR count). The number of imide groups is 1. The van der Waals surface area contributed by atoms with E-state index >= 15 is 0 Å². The Bertz CT molecular complexity index is 559. The molecule has 5 heteroatoms. The summed E-state index contributed by atoms with van der Waals surface area (Å²) in [5.74, 6) is -0.513. The number of likely N-dealkylation sites (N-methyl/N-ethyl adjacent to an activating group) is 1. The zero-order chi connectivity index (χ0) is 13.3. The maximum atomic E-state index is 12.1. The fourth-order valence-electron chi connectivity index (χ4n) is 2.08. The summed E-state index contributed by atoms with van der Waals surface area (Å²) >= 11 is 0. The van der Waals surface area contributed by atoms with Gasteiger partial charge >= 0.3 is 5.63 Å². The zero-order valence-corrected chi connectivity index (χ0v) is 10.5. The van der Waals surface area contributed by atoms with E-state index in [1.165, 1.54) is 13.1 Å². The Balaban J connectivity index is 2.53. The fourth-order valence-corrected chi connectivity index (χ4v) is 2.08. The van der Waals surface area contributed by atoms with Gasteiger partial charge in [0.15, 0.2) is 0 Å². The first-order valence-electron chi connectivity index (χ1n) is 6.01. The van der Waals surface area contributed by atoms with Crippen molar-refractivity contribution in [1.29, 1.82) is 0 Å². The van der Waals surface area contributed by atoms with Crippen molar-refractivity contribution < 1.29 is 14.0 Å². The van der Waals surface area contributed by atoms with Gasteiger partial charge in [0.2, 0.25) is 5.91 Å². The lowest BCUT2D eigenvalue weighted by Gasteiger charge is -2.23. The summed E-state index contributed by atoms with van der Waals surface area (Å²) in [6, 6.07) is 1.36. The number of fused-ring (bicyclic) bond motifs is 1. The minimum atomic E-state index is -0.495. The van der Waals surface area contributed by atoms with Crippen LogP contribution in [0.3, 0.4) is 0 Å². The number of aryl methyl sites for hydroxylation is 1. The quantitative estimate of drug-likeness (QED) is 0.753. The van der Waals surface area contributed by atoms with Crippen molar-refractivity contribution in [3.05, 3.63) is 33.4 Å². The lowest BCUT2D eigenvalue weighted by Crippen LogP contribution is -2.40. The van der Waals surface area contributed by atoms with Crippen LogP contribution in [0.5, 0.6) is 0 Å². The summed E-state index contributed by atoms with van der Waals surface area (Å²) in [4.78, 5) is 36.1. The third kappa shape index (κ3) is 2.08. The van der Waals surface area contributed by atoms with E-state index in [4.69, 9.17) is 4.42 Å². The molecule has 0 unspecified atom stereocenters. The van der Waals surface area contributed by atoms with Crippen molar-refractivity contribution in [3.63, 3.8) is 0 Å². The average Bonchev–Trinajstić information content (AvgIpc) is 2.32. The third-order valence-electron chi connectivity index (χ3n) is 3.12. The Morgan fingerprint density at radius 2 is 2.06 bits per heavy atom. The summed E-state index contributed by atoms with van der Waals surface area (Å²) in [5, 5.41) is 0. The van der Waals surface area contributed by atoms with Gasteiger partial charge in [-0.1, -0.05) is 13.3 Å². The predicted molar refractivity (Wildman–Crippen MR) is 64.4 cm³/mol. The molecule has 5 nitrogen and oxygen atoms in total. The number of carbonyl (C=O) groups excluding carboxylic acids is 2. The molecule has 0 spiro atoms. The standard InChI is InChI=1S/C13H15NO4/c1-3-4-5-8-6-11(16)18-9-7-10(15)14(2)13(17)12(8)9/h6H,3-5,7H2,1-2H3. The van der Waals surface area contributed by atoms with Crippen LogP contribution in [-0.4, -0.2) is 23.8 Å². The van der Waals surface area contributed by atoms with Crippen LogP contribution in [0.25, 0.3) is 0 Å². The number of hydrogen-bond donors (Lipinski definition) is 0. The Labute approximate surface area is 104 Å². The molecular formula is C13H15NO4. The highest BCUT2D eigenvalue weighted by Gasteiger charge is 2.32. The van der Waals surface area contributed by atoms with Gasteiger partial charge in [0.25, 0.3) is 5.91 Å². The first-order chi connectivity index (χ1) is 8.54. The number of rotatable bonds is 3. The Morgan fingerprint density at radius 3 is 2.72 bits per heavy atom. The van der Waals surface area contributed by atoms with Gasteiger partial charge in [-0.05, 0) is 18.4 Å². The van der Waals surface area contributed by atoms with E-state index in [-0.39, 0.29) is 24.0 Å². The molecule has 1 aliphatic rings. The maximum absolute atomic E-state index is 12.1. The molecule has 0 radical (unpaired) electrons. The topological polar surface area (TPSA) is 67.6 Å². The highest BCUT2D eigenvalue weighted by atomic mass is 16.4. The summed E-state index contributed by atoms with van der Waals surface area (Å²) < 4.78 is 4.99. The highest BCUT2D eigenvalue weighted by Crippen LogP contribution is 2.22. The van der Waals surface area contributed by atoms with Crippen molar-refractivity contribution >= 4 is 11.8 Å². The van der Waals surface area contributed by atoms with E-state index in [1.807, 2.05) is 6.92 Å². The number of hydrogen-bond acceptors (Lipinski definition) is 4. The van der Waals surface area contributed by atoms with Crippen LogP contribution in [0.15, 0.2) is 15.3 Å². The van der Waals surface area contributed by atoms with Gasteiger partial charge in [-0.2, -0.15) is 0 Å². The molecular weight excluding hydrogens is 234 g/mol. The van der Waals surface area contributed by atoms with Gasteiger partial charge in [-0.25, -0.2) is 4.79 Å². The Hall–Kier alpha value is -1.91. The van der Waals surface area contributed by atoms with Crippen molar-refractivity contribution in [3.8, 4) is 0 Å². The predicted octanol–water partition coefficient (Wildman–Crippen LogP) is 1.14. The summed E-state index contributed by atoms with van der Waals surface area (Å²) in [5.41, 5.74) is 0.586. The molecule has 0 N–H and O–H groups in total. The largest absolute Gasteiger partial charge is 0.426 e. The van der Waals surface area contributed by atoms with Crippen LogP contribution in [0.2, 0.25) is 0 Å². The summed E-state index contributed by atoms with van der Waals surface area (Å²) in [6.45, 7) is 2.04. The minimum Gasteiger partial charge on any atom is -0.426 e. The Morgan fingerprint density at radius 1 is 1.33 bits per heavy atom. The van der Waals surface area contributed by atoms with Gasteiger partial charge < -0.3 is 4.42 Å². The van der Waals surface area contributed by atoms with Crippen LogP contribution in [0, 0.1) is 0 Å². The first kappa shape index (κ1) is 12.5. The summed E-state index contributed by atoms with van der Waals surface area (Å²) in [6.07, 6.45) is 2.49. The number of amides is 2. The molecule has 1 aliphatic heterocycles. The van der Waals surface area contributed by atoms with E-state index in [1.54, 1.807) is 0 Å². The van der Waals surface area contributed by atoms with Crippen molar-refractivity contribution in [2.24, 2.45) is 0 Å². The van der Waals surface area contributed by atoms with E-state index in [2.05, 4.69) is 0 Å². The van der Waals surface area contributed by atoms with E-state index in [0.29, 0.717) is 17.5 Å². The van der Waals surface area contributed by atoms with Crippen LogP contribution >= 0.6 is 0 Å². The van der Waals surface area contributed by atoms with Gasteiger partial charge in [-0.15, -0.1) is 0 Å². The van der Waals surface area contributed by atoms with Gasteiger partial charge in [0.1, 0.15) is 5.76 Å².